The summed E-state index contributed by atoms with van der Waals surface area (Å²) in [6.45, 7) is 0. The fourth-order valence-corrected chi connectivity index (χ4v) is 1.64. The molecule has 0 aromatic heterocycles. The van der Waals surface area contributed by atoms with Crippen molar-refractivity contribution in [3.05, 3.63) is 23.8 Å². The van der Waals surface area contributed by atoms with Crippen molar-refractivity contribution in [2.24, 2.45) is 5.73 Å². The zero-order valence-electron chi connectivity index (χ0n) is 8.49. The van der Waals surface area contributed by atoms with Gasteiger partial charge in [-0.05, 0) is 24.1 Å². The summed E-state index contributed by atoms with van der Waals surface area (Å²) in [5.41, 5.74) is 7.02. The largest absolute Gasteiger partial charge is 0.497 e. The van der Waals surface area contributed by atoms with E-state index in [2.05, 4.69) is 0 Å². The van der Waals surface area contributed by atoms with Gasteiger partial charge in [-0.15, -0.1) is 0 Å². The van der Waals surface area contributed by atoms with Crippen LogP contribution in [0.5, 0.6) is 11.5 Å². The molecule has 2 N–H and O–H groups in total. The van der Waals surface area contributed by atoms with E-state index >= 15 is 0 Å². The maximum absolute atomic E-state index is 5.80. The van der Waals surface area contributed by atoms with Gasteiger partial charge >= 0.3 is 0 Å². The highest BCUT2D eigenvalue weighted by Crippen LogP contribution is 2.41. The monoisotopic (exact) mass is 193 g/mol. The Labute approximate surface area is 83.8 Å². The van der Waals surface area contributed by atoms with Crippen LogP contribution in [0, 0.1) is 0 Å². The maximum atomic E-state index is 5.80. The molecule has 0 spiro atoms. The topological polar surface area (TPSA) is 44.5 Å². The number of rotatable bonds is 3. The highest BCUT2D eigenvalue weighted by molar-refractivity contribution is 5.42. The smallest absolute Gasteiger partial charge is 0.122 e. The van der Waals surface area contributed by atoms with Crippen molar-refractivity contribution in [2.45, 2.75) is 18.4 Å². The molecule has 0 radical (unpaired) electrons. The van der Waals surface area contributed by atoms with Crippen LogP contribution in [-0.4, -0.2) is 20.3 Å². The Morgan fingerprint density at radius 2 is 1.64 bits per heavy atom. The third-order valence-corrected chi connectivity index (χ3v) is 2.64. The summed E-state index contributed by atoms with van der Waals surface area (Å²) in [7, 11) is 3.32. The summed E-state index contributed by atoms with van der Waals surface area (Å²) in [5.74, 6) is 2.15. The quantitative estimate of drug-likeness (QED) is 0.791. The standard InChI is InChI=1S/C11H15NO2/c1-13-8-3-7(10-6-11(10)12)4-9(5-8)14-2/h3-5,10-11H,6,12H2,1-2H3. The molecule has 76 valence electrons. The molecule has 2 rings (SSSR count). The van der Waals surface area contributed by atoms with Crippen LogP contribution < -0.4 is 15.2 Å². The summed E-state index contributed by atoms with van der Waals surface area (Å²) < 4.78 is 10.4. The van der Waals surface area contributed by atoms with Crippen molar-refractivity contribution < 1.29 is 9.47 Å². The van der Waals surface area contributed by atoms with Gasteiger partial charge in [0, 0.05) is 18.0 Å². The fourth-order valence-electron chi connectivity index (χ4n) is 1.64. The molecule has 2 unspecified atom stereocenters. The van der Waals surface area contributed by atoms with Crippen LogP contribution in [0.25, 0.3) is 0 Å². The molecular formula is C11H15NO2. The molecule has 3 nitrogen and oxygen atoms in total. The Balaban J connectivity index is 2.30. The van der Waals surface area contributed by atoms with E-state index in [9.17, 15) is 0 Å². The van der Waals surface area contributed by atoms with Gasteiger partial charge < -0.3 is 15.2 Å². The van der Waals surface area contributed by atoms with Crippen LogP contribution in [0.2, 0.25) is 0 Å². The first kappa shape index (κ1) is 9.34. The van der Waals surface area contributed by atoms with E-state index in [1.54, 1.807) is 14.2 Å². The zero-order chi connectivity index (χ0) is 10.1. The molecule has 0 aliphatic heterocycles. The predicted molar refractivity (Wildman–Crippen MR) is 54.9 cm³/mol. The van der Waals surface area contributed by atoms with Gasteiger partial charge in [0.15, 0.2) is 0 Å². The minimum atomic E-state index is 0.312. The van der Waals surface area contributed by atoms with Crippen molar-refractivity contribution in [2.75, 3.05) is 14.2 Å². The first-order chi connectivity index (χ1) is 6.74. The molecule has 0 bridgehead atoms. The third kappa shape index (κ3) is 1.68. The zero-order valence-corrected chi connectivity index (χ0v) is 8.49. The average Bonchev–Trinajstić information content (AvgIpc) is 2.94. The fraction of sp³-hybridized carbons (Fsp3) is 0.455. The first-order valence-electron chi connectivity index (χ1n) is 4.73. The van der Waals surface area contributed by atoms with E-state index in [0.29, 0.717) is 12.0 Å². The summed E-state index contributed by atoms with van der Waals surface area (Å²) >= 11 is 0. The van der Waals surface area contributed by atoms with Crippen LogP contribution in [0.15, 0.2) is 18.2 Å². The second-order valence-corrected chi connectivity index (χ2v) is 3.65. The minimum absolute atomic E-state index is 0.312. The molecule has 1 aromatic carbocycles. The summed E-state index contributed by atoms with van der Waals surface area (Å²) in [4.78, 5) is 0. The van der Waals surface area contributed by atoms with Crippen molar-refractivity contribution >= 4 is 0 Å². The van der Waals surface area contributed by atoms with Crippen molar-refractivity contribution in [3.63, 3.8) is 0 Å². The molecule has 0 amide bonds. The van der Waals surface area contributed by atoms with E-state index in [1.807, 2.05) is 18.2 Å². The Morgan fingerprint density at radius 1 is 1.14 bits per heavy atom. The van der Waals surface area contributed by atoms with Crippen LogP contribution in [-0.2, 0) is 0 Å². The molecule has 1 saturated carbocycles. The summed E-state index contributed by atoms with van der Waals surface area (Å²) in [6.07, 6.45) is 1.07. The molecule has 1 aliphatic carbocycles. The lowest BCUT2D eigenvalue weighted by molar-refractivity contribution is 0.393. The molecule has 0 saturated heterocycles. The SMILES string of the molecule is COc1cc(OC)cc(C2CC2N)c1. The number of methoxy groups -OCH3 is 2. The lowest BCUT2D eigenvalue weighted by Gasteiger charge is -2.07. The molecule has 1 aliphatic rings. The second-order valence-electron chi connectivity index (χ2n) is 3.65. The lowest BCUT2D eigenvalue weighted by atomic mass is 10.1. The van der Waals surface area contributed by atoms with E-state index in [0.717, 1.165) is 17.9 Å². The second kappa shape index (κ2) is 3.50. The maximum Gasteiger partial charge on any atom is 0.122 e. The number of hydrogen-bond acceptors (Lipinski definition) is 3. The lowest BCUT2D eigenvalue weighted by Crippen LogP contribution is -2.01. The summed E-state index contributed by atoms with van der Waals surface area (Å²) in [5, 5.41) is 0. The third-order valence-electron chi connectivity index (χ3n) is 2.64. The van der Waals surface area contributed by atoms with E-state index < -0.39 is 0 Å². The Morgan fingerprint density at radius 3 is 2.00 bits per heavy atom. The van der Waals surface area contributed by atoms with Gasteiger partial charge in [-0.25, -0.2) is 0 Å². The highest BCUT2D eigenvalue weighted by atomic mass is 16.5. The van der Waals surface area contributed by atoms with Gasteiger partial charge in [0.25, 0.3) is 0 Å². The predicted octanol–water partition coefficient (Wildman–Crippen LogP) is 1.52. The molecule has 14 heavy (non-hydrogen) atoms. The Kier molecular flexibility index (Phi) is 2.33. The molecule has 3 heteroatoms. The molecule has 1 aromatic rings. The average molecular weight is 193 g/mol. The Hall–Kier alpha value is -1.22. The van der Waals surface area contributed by atoms with Gasteiger partial charge in [-0.3, -0.25) is 0 Å². The summed E-state index contributed by atoms with van der Waals surface area (Å²) in [6, 6.07) is 6.24. The van der Waals surface area contributed by atoms with E-state index in [1.165, 1.54) is 5.56 Å². The van der Waals surface area contributed by atoms with Crippen LogP contribution in [0.4, 0.5) is 0 Å². The van der Waals surface area contributed by atoms with Gasteiger partial charge in [0.1, 0.15) is 11.5 Å². The molecule has 0 heterocycles. The van der Waals surface area contributed by atoms with Gasteiger partial charge in [0.05, 0.1) is 14.2 Å². The Bertz CT molecular complexity index is 316. The number of hydrogen-bond donors (Lipinski definition) is 1. The van der Waals surface area contributed by atoms with Gasteiger partial charge in [-0.1, -0.05) is 0 Å². The first-order valence-corrected chi connectivity index (χ1v) is 4.73. The molecule has 2 atom stereocenters. The van der Waals surface area contributed by atoms with Crippen molar-refractivity contribution in [3.8, 4) is 11.5 Å². The van der Waals surface area contributed by atoms with Crippen molar-refractivity contribution in [1.29, 1.82) is 0 Å². The van der Waals surface area contributed by atoms with Crippen LogP contribution in [0.3, 0.4) is 0 Å². The van der Waals surface area contributed by atoms with Gasteiger partial charge in [-0.2, -0.15) is 0 Å². The van der Waals surface area contributed by atoms with Crippen molar-refractivity contribution in [1.82, 2.24) is 0 Å². The van der Waals surface area contributed by atoms with Crippen LogP contribution >= 0.6 is 0 Å². The van der Waals surface area contributed by atoms with E-state index in [4.69, 9.17) is 15.2 Å². The minimum Gasteiger partial charge on any atom is -0.497 e. The molecular weight excluding hydrogens is 178 g/mol. The number of benzene rings is 1. The molecule has 1 fully saturated rings. The number of ether oxygens (including phenoxy) is 2. The van der Waals surface area contributed by atoms with E-state index in [-0.39, 0.29) is 0 Å². The van der Waals surface area contributed by atoms with Crippen LogP contribution in [0.1, 0.15) is 17.9 Å². The number of nitrogens with two attached hydrogens (primary N) is 1. The highest BCUT2D eigenvalue weighted by Gasteiger charge is 2.35. The normalized spacial score (nSPS) is 24.5. The van der Waals surface area contributed by atoms with Gasteiger partial charge in [0.2, 0.25) is 0 Å².